The first-order valence-corrected chi connectivity index (χ1v) is 4.34. The normalized spacial score (nSPS) is 14.2. The van der Waals surface area contributed by atoms with E-state index in [2.05, 4.69) is 29.2 Å². The van der Waals surface area contributed by atoms with Gasteiger partial charge in [0.1, 0.15) is 0 Å². The Kier molecular flexibility index (Phi) is 5.35. The molecule has 0 bridgehead atoms. The van der Waals surface area contributed by atoms with Crippen molar-refractivity contribution >= 4 is 5.71 Å². The number of hydrogen-bond donors (Lipinski definition) is 2. The minimum atomic E-state index is 0.816. The number of allylic oxidation sites excluding steroid dienone is 4. The topological polar surface area (TPSA) is 36.4 Å². The monoisotopic (exact) mass is 179 g/mol. The third-order valence-electron chi connectivity index (χ3n) is 1.50. The average molecular weight is 179 g/mol. The number of hydrogen-bond acceptors (Lipinski definition) is 3. The fourth-order valence-electron chi connectivity index (χ4n) is 0.905. The molecule has 1 heterocycles. The summed E-state index contributed by atoms with van der Waals surface area (Å²) < 4.78 is 0. The molecule has 1 aliphatic heterocycles. The van der Waals surface area contributed by atoms with Gasteiger partial charge in [0.05, 0.1) is 5.71 Å². The van der Waals surface area contributed by atoms with E-state index in [1.54, 1.807) is 12.2 Å². The van der Waals surface area contributed by atoms with E-state index in [0.29, 0.717) is 0 Å². The van der Waals surface area contributed by atoms with E-state index < -0.39 is 0 Å². The van der Waals surface area contributed by atoms with Gasteiger partial charge in [0.25, 0.3) is 0 Å². The molecule has 3 heteroatoms. The Hall–Kier alpha value is -1.51. The van der Waals surface area contributed by atoms with Crippen molar-refractivity contribution in [1.29, 1.82) is 0 Å². The number of nitrogens with zero attached hydrogens (tertiary/aromatic N) is 1. The van der Waals surface area contributed by atoms with Crippen molar-refractivity contribution in [2.24, 2.45) is 5.10 Å². The molecule has 13 heavy (non-hydrogen) atoms. The molecule has 0 saturated carbocycles. The molecule has 1 aliphatic rings. The van der Waals surface area contributed by atoms with Gasteiger partial charge in [-0.15, -0.1) is 0 Å². The highest BCUT2D eigenvalue weighted by molar-refractivity contribution is 6.10. The highest BCUT2D eigenvalue weighted by atomic mass is 15.6. The van der Waals surface area contributed by atoms with E-state index in [9.17, 15) is 0 Å². The average Bonchev–Trinajstić information content (AvgIpc) is 2.20. The van der Waals surface area contributed by atoms with E-state index in [0.717, 1.165) is 17.0 Å². The summed E-state index contributed by atoms with van der Waals surface area (Å²) in [7, 11) is 0. The van der Waals surface area contributed by atoms with Gasteiger partial charge in [-0.25, -0.2) is 5.53 Å². The predicted molar refractivity (Wildman–Crippen MR) is 58.1 cm³/mol. The lowest BCUT2D eigenvalue weighted by atomic mass is 10.1. The molecule has 0 aromatic carbocycles. The van der Waals surface area contributed by atoms with Gasteiger partial charge in [0.15, 0.2) is 0 Å². The van der Waals surface area contributed by atoms with Crippen molar-refractivity contribution in [2.75, 3.05) is 0 Å². The van der Waals surface area contributed by atoms with Crippen LogP contribution < -0.4 is 11.0 Å². The molecular weight excluding hydrogens is 162 g/mol. The summed E-state index contributed by atoms with van der Waals surface area (Å²) in [5, 5.41) is 3.96. The van der Waals surface area contributed by atoms with Crippen LogP contribution in [0.5, 0.6) is 0 Å². The largest absolute Gasteiger partial charge is 0.289 e. The van der Waals surface area contributed by atoms with E-state index >= 15 is 0 Å². The van der Waals surface area contributed by atoms with Crippen LogP contribution in [0, 0.1) is 0 Å². The van der Waals surface area contributed by atoms with Gasteiger partial charge < -0.3 is 0 Å². The van der Waals surface area contributed by atoms with Crippen LogP contribution in [-0.4, -0.2) is 5.71 Å². The number of nitrogens with one attached hydrogen (secondary N) is 2. The lowest BCUT2D eigenvalue weighted by Gasteiger charge is -2.16. The van der Waals surface area contributed by atoms with Gasteiger partial charge in [-0.1, -0.05) is 33.1 Å². The fourth-order valence-corrected chi connectivity index (χ4v) is 0.905. The van der Waals surface area contributed by atoms with E-state index in [4.69, 9.17) is 0 Å². The van der Waals surface area contributed by atoms with Crippen LogP contribution in [0.2, 0.25) is 0 Å². The molecule has 0 radical (unpaired) electrons. The zero-order valence-corrected chi connectivity index (χ0v) is 8.52. The maximum Gasteiger partial charge on any atom is 0.0933 e. The van der Waals surface area contributed by atoms with Gasteiger partial charge in [0.2, 0.25) is 0 Å². The van der Waals surface area contributed by atoms with Crippen LogP contribution in [0.4, 0.5) is 0 Å². The van der Waals surface area contributed by atoms with Crippen molar-refractivity contribution < 1.29 is 0 Å². The molecule has 0 aromatic rings. The first-order valence-electron chi connectivity index (χ1n) is 4.34. The molecule has 0 aromatic heterocycles. The van der Waals surface area contributed by atoms with Gasteiger partial charge in [0, 0.05) is 11.3 Å². The second kappa shape index (κ2) is 6.06. The molecule has 0 aliphatic carbocycles. The fraction of sp³-hybridized carbons (Fsp3) is 0.300. The maximum atomic E-state index is 3.96. The van der Waals surface area contributed by atoms with Crippen molar-refractivity contribution in [3.05, 3.63) is 36.6 Å². The van der Waals surface area contributed by atoms with E-state index in [1.807, 2.05) is 20.8 Å². The Balaban J connectivity index is 0.000000671. The van der Waals surface area contributed by atoms with Gasteiger partial charge in [-0.3, -0.25) is 5.43 Å². The summed E-state index contributed by atoms with van der Waals surface area (Å²) in [6.07, 6.45) is 3.44. The van der Waals surface area contributed by atoms with Crippen molar-refractivity contribution in [2.45, 2.75) is 20.8 Å². The van der Waals surface area contributed by atoms with Gasteiger partial charge in [-0.05, 0) is 13.0 Å². The third kappa shape index (κ3) is 2.78. The zero-order valence-electron chi connectivity index (χ0n) is 8.52. The first-order chi connectivity index (χ1) is 6.29. The number of hydrazone groups is 1. The molecule has 0 unspecified atom stereocenters. The highest BCUT2D eigenvalue weighted by Gasteiger charge is 2.07. The Morgan fingerprint density at radius 1 is 1.23 bits per heavy atom. The zero-order chi connectivity index (χ0) is 10.3. The molecule has 72 valence electrons. The molecule has 0 amide bonds. The third-order valence-corrected chi connectivity index (χ3v) is 1.50. The number of rotatable bonds is 2. The summed E-state index contributed by atoms with van der Waals surface area (Å²) in [5.41, 5.74) is 8.34. The minimum Gasteiger partial charge on any atom is -0.289 e. The molecule has 2 N–H and O–H groups in total. The standard InChI is InChI=1S/C8H11N3.C2H6/c1-4-7-6(3)9-11-10-8(7)5-2;1-2/h4-5,9,11H,1-2H2,3H3;1-2H3. The second-order valence-corrected chi connectivity index (χ2v) is 2.18. The Morgan fingerprint density at radius 3 is 2.23 bits per heavy atom. The van der Waals surface area contributed by atoms with Crippen LogP contribution in [0.1, 0.15) is 20.8 Å². The summed E-state index contributed by atoms with van der Waals surface area (Å²) in [4.78, 5) is 0. The lowest BCUT2D eigenvalue weighted by molar-refractivity contribution is 0.623. The molecule has 3 nitrogen and oxygen atoms in total. The highest BCUT2D eigenvalue weighted by Crippen LogP contribution is 2.08. The summed E-state index contributed by atoms with van der Waals surface area (Å²) in [6.45, 7) is 13.3. The quantitative estimate of drug-likeness (QED) is 0.681. The minimum absolute atomic E-state index is 0.816. The maximum absolute atomic E-state index is 3.96. The van der Waals surface area contributed by atoms with Gasteiger partial charge in [-0.2, -0.15) is 5.10 Å². The molecule has 1 rings (SSSR count). The predicted octanol–water partition coefficient (Wildman–Crippen LogP) is 2.12. The van der Waals surface area contributed by atoms with Crippen molar-refractivity contribution in [3.8, 4) is 0 Å². The van der Waals surface area contributed by atoms with Crippen LogP contribution in [0.25, 0.3) is 0 Å². The Bertz CT molecular complexity index is 249. The van der Waals surface area contributed by atoms with Crippen LogP contribution in [0.15, 0.2) is 41.7 Å². The lowest BCUT2D eigenvalue weighted by Crippen LogP contribution is -2.32. The summed E-state index contributed by atoms with van der Waals surface area (Å²) >= 11 is 0. The van der Waals surface area contributed by atoms with Crippen LogP contribution >= 0.6 is 0 Å². The summed E-state index contributed by atoms with van der Waals surface area (Å²) in [6, 6.07) is 0. The Labute approximate surface area is 79.9 Å². The van der Waals surface area contributed by atoms with E-state index in [-0.39, 0.29) is 0 Å². The van der Waals surface area contributed by atoms with Crippen molar-refractivity contribution in [3.63, 3.8) is 0 Å². The molecule has 0 spiro atoms. The molecule has 0 fully saturated rings. The molecule has 0 saturated heterocycles. The second-order valence-electron chi connectivity index (χ2n) is 2.18. The molecular formula is C10H17N3. The van der Waals surface area contributed by atoms with E-state index in [1.165, 1.54) is 0 Å². The first kappa shape index (κ1) is 11.5. The Morgan fingerprint density at radius 2 is 1.85 bits per heavy atom. The SMILES string of the molecule is C=CC1=NNNC(C)=C1C=C.CC. The molecule has 0 atom stereocenters. The van der Waals surface area contributed by atoms with Crippen LogP contribution in [0.3, 0.4) is 0 Å². The smallest absolute Gasteiger partial charge is 0.0933 e. The summed E-state index contributed by atoms with van der Waals surface area (Å²) in [5.74, 6) is 0. The van der Waals surface area contributed by atoms with Crippen molar-refractivity contribution in [1.82, 2.24) is 11.0 Å². The van der Waals surface area contributed by atoms with Crippen LogP contribution in [-0.2, 0) is 0 Å². The number of hydrazine groups is 1. The van der Waals surface area contributed by atoms with Gasteiger partial charge >= 0.3 is 0 Å².